The summed E-state index contributed by atoms with van der Waals surface area (Å²) in [6, 6.07) is 0.733. The molecule has 1 fully saturated rings. The van der Waals surface area contributed by atoms with E-state index < -0.39 is 0 Å². The second kappa shape index (κ2) is 7.20. The van der Waals surface area contributed by atoms with Crippen molar-refractivity contribution in [3.8, 4) is 0 Å². The van der Waals surface area contributed by atoms with E-state index in [4.69, 9.17) is 0 Å². The van der Waals surface area contributed by atoms with Crippen LogP contribution < -0.4 is 5.32 Å². The van der Waals surface area contributed by atoms with E-state index in [1.54, 1.807) is 0 Å². The first-order chi connectivity index (χ1) is 7.24. The van der Waals surface area contributed by atoms with Crippen molar-refractivity contribution in [3.63, 3.8) is 0 Å². The van der Waals surface area contributed by atoms with Crippen LogP contribution in [0.4, 0.5) is 0 Å². The van der Waals surface area contributed by atoms with Gasteiger partial charge in [-0.2, -0.15) is 0 Å². The topological polar surface area (TPSA) is 35.5 Å². The van der Waals surface area contributed by atoms with Gasteiger partial charge in [-0.05, 0) is 46.3 Å². The van der Waals surface area contributed by atoms with Gasteiger partial charge in [0.25, 0.3) is 0 Å². The van der Waals surface area contributed by atoms with Crippen molar-refractivity contribution < 1.29 is 5.11 Å². The summed E-state index contributed by atoms with van der Waals surface area (Å²) in [5, 5.41) is 12.7. The normalized spacial score (nSPS) is 20.0. The Morgan fingerprint density at radius 1 is 1.40 bits per heavy atom. The molecule has 0 radical (unpaired) electrons. The third-order valence-electron chi connectivity index (χ3n) is 3.21. The van der Waals surface area contributed by atoms with E-state index in [0.29, 0.717) is 0 Å². The van der Waals surface area contributed by atoms with Gasteiger partial charge in [-0.15, -0.1) is 0 Å². The van der Waals surface area contributed by atoms with Crippen LogP contribution in [-0.2, 0) is 0 Å². The molecule has 15 heavy (non-hydrogen) atoms. The predicted octanol–water partition coefficient (Wildman–Crippen LogP) is 1.22. The van der Waals surface area contributed by atoms with Crippen molar-refractivity contribution >= 4 is 0 Å². The lowest BCUT2D eigenvalue weighted by molar-refractivity contribution is 0.0981. The second-order valence-corrected chi connectivity index (χ2v) is 4.74. The summed E-state index contributed by atoms with van der Waals surface area (Å²) >= 11 is 0. The van der Waals surface area contributed by atoms with Gasteiger partial charge >= 0.3 is 0 Å². The Kier molecular flexibility index (Phi) is 6.22. The van der Waals surface area contributed by atoms with Gasteiger partial charge < -0.3 is 10.4 Å². The minimum Gasteiger partial charge on any atom is -0.392 e. The predicted molar refractivity (Wildman–Crippen MR) is 64.1 cm³/mol. The summed E-state index contributed by atoms with van der Waals surface area (Å²) in [5.41, 5.74) is 0. The third kappa shape index (κ3) is 4.96. The Bertz CT molecular complexity index is 156. The van der Waals surface area contributed by atoms with Crippen LogP contribution in [0.3, 0.4) is 0 Å². The SMILES string of the molecule is CNCCCN(CC(C)O)C1CCCC1. The van der Waals surface area contributed by atoms with Crippen LogP contribution in [-0.4, -0.2) is 48.8 Å². The molecule has 0 aromatic rings. The number of nitrogens with zero attached hydrogens (tertiary/aromatic N) is 1. The Labute approximate surface area is 93.9 Å². The van der Waals surface area contributed by atoms with Crippen LogP contribution >= 0.6 is 0 Å². The standard InChI is InChI=1S/C12H26N2O/c1-11(15)10-14(9-5-8-13-2)12-6-3-4-7-12/h11-13,15H,3-10H2,1-2H3. The Morgan fingerprint density at radius 3 is 2.60 bits per heavy atom. The van der Waals surface area contributed by atoms with Gasteiger partial charge in [0.2, 0.25) is 0 Å². The molecule has 3 nitrogen and oxygen atoms in total. The first kappa shape index (κ1) is 12.9. The van der Waals surface area contributed by atoms with E-state index >= 15 is 0 Å². The van der Waals surface area contributed by atoms with Crippen molar-refractivity contribution in [2.75, 3.05) is 26.7 Å². The molecule has 1 rings (SSSR count). The number of hydrogen-bond donors (Lipinski definition) is 2. The van der Waals surface area contributed by atoms with Crippen molar-refractivity contribution in [1.29, 1.82) is 0 Å². The van der Waals surface area contributed by atoms with E-state index in [1.165, 1.54) is 32.1 Å². The highest BCUT2D eigenvalue weighted by Crippen LogP contribution is 2.23. The maximum Gasteiger partial charge on any atom is 0.0639 e. The van der Waals surface area contributed by atoms with E-state index in [1.807, 2.05) is 14.0 Å². The molecule has 0 aromatic carbocycles. The van der Waals surface area contributed by atoms with Gasteiger partial charge in [-0.25, -0.2) is 0 Å². The van der Waals surface area contributed by atoms with Crippen molar-refractivity contribution in [2.45, 2.75) is 51.2 Å². The lowest BCUT2D eigenvalue weighted by Crippen LogP contribution is -2.39. The lowest BCUT2D eigenvalue weighted by atomic mass is 10.2. The first-order valence-electron chi connectivity index (χ1n) is 6.30. The molecular formula is C12H26N2O. The number of aliphatic hydroxyl groups is 1. The first-order valence-corrected chi connectivity index (χ1v) is 6.30. The van der Waals surface area contributed by atoms with Gasteiger partial charge in [0.1, 0.15) is 0 Å². The van der Waals surface area contributed by atoms with Crippen molar-refractivity contribution in [3.05, 3.63) is 0 Å². The summed E-state index contributed by atoms with van der Waals surface area (Å²) in [7, 11) is 1.99. The van der Waals surface area contributed by atoms with E-state index in [9.17, 15) is 5.11 Å². The van der Waals surface area contributed by atoms with Gasteiger partial charge in [0.05, 0.1) is 6.10 Å². The molecule has 0 heterocycles. The second-order valence-electron chi connectivity index (χ2n) is 4.74. The van der Waals surface area contributed by atoms with E-state index in [2.05, 4.69) is 10.2 Å². The zero-order valence-electron chi connectivity index (χ0n) is 10.2. The maximum atomic E-state index is 9.48. The largest absolute Gasteiger partial charge is 0.392 e. The summed E-state index contributed by atoms with van der Waals surface area (Å²) < 4.78 is 0. The quantitative estimate of drug-likeness (QED) is 0.626. The fourth-order valence-corrected chi connectivity index (χ4v) is 2.49. The summed E-state index contributed by atoms with van der Waals surface area (Å²) in [4.78, 5) is 2.48. The van der Waals surface area contributed by atoms with Crippen LogP contribution in [0, 0.1) is 0 Å². The number of nitrogens with one attached hydrogen (secondary N) is 1. The lowest BCUT2D eigenvalue weighted by Gasteiger charge is -2.29. The Balaban J connectivity index is 2.30. The number of aliphatic hydroxyl groups excluding tert-OH is 1. The van der Waals surface area contributed by atoms with E-state index in [0.717, 1.165) is 25.7 Å². The Morgan fingerprint density at radius 2 is 2.07 bits per heavy atom. The number of rotatable bonds is 7. The van der Waals surface area contributed by atoms with Crippen LogP contribution in [0.2, 0.25) is 0 Å². The van der Waals surface area contributed by atoms with Gasteiger partial charge in [-0.3, -0.25) is 4.90 Å². The molecule has 0 aliphatic heterocycles. The average Bonchev–Trinajstić information content (AvgIpc) is 2.68. The molecule has 3 heteroatoms. The molecule has 90 valence electrons. The monoisotopic (exact) mass is 214 g/mol. The molecule has 1 unspecified atom stereocenters. The van der Waals surface area contributed by atoms with Crippen molar-refractivity contribution in [2.24, 2.45) is 0 Å². The molecule has 0 bridgehead atoms. The van der Waals surface area contributed by atoms with Crippen LogP contribution in [0.15, 0.2) is 0 Å². The molecular weight excluding hydrogens is 188 g/mol. The molecule has 0 amide bonds. The van der Waals surface area contributed by atoms with Crippen molar-refractivity contribution in [1.82, 2.24) is 10.2 Å². The smallest absolute Gasteiger partial charge is 0.0639 e. The summed E-state index contributed by atoms with van der Waals surface area (Å²) in [6.45, 7) is 4.92. The van der Waals surface area contributed by atoms with Gasteiger partial charge in [0, 0.05) is 12.6 Å². The van der Waals surface area contributed by atoms with Crippen LogP contribution in [0.1, 0.15) is 39.0 Å². The molecule has 1 aliphatic carbocycles. The third-order valence-corrected chi connectivity index (χ3v) is 3.21. The average molecular weight is 214 g/mol. The van der Waals surface area contributed by atoms with Gasteiger partial charge in [0.15, 0.2) is 0 Å². The maximum absolute atomic E-state index is 9.48. The molecule has 0 saturated heterocycles. The van der Waals surface area contributed by atoms with Gasteiger partial charge in [-0.1, -0.05) is 12.8 Å². The van der Waals surface area contributed by atoms with Crippen LogP contribution in [0.5, 0.6) is 0 Å². The number of hydrogen-bond acceptors (Lipinski definition) is 3. The molecule has 2 N–H and O–H groups in total. The van der Waals surface area contributed by atoms with Crippen LogP contribution in [0.25, 0.3) is 0 Å². The molecule has 0 spiro atoms. The molecule has 1 saturated carbocycles. The zero-order valence-corrected chi connectivity index (χ0v) is 10.2. The minimum absolute atomic E-state index is 0.194. The fourth-order valence-electron chi connectivity index (χ4n) is 2.49. The summed E-state index contributed by atoms with van der Waals surface area (Å²) in [6.07, 6.45) is 6.37. The molecule has 1 atom stereocenters. The van der Waals surface area contributed by atoms with E-state index in [-0.39, 0.29) is 6.10 Å². The highest BCUT2D eigenvalue weighted by Gasteiger charge is 2.22. The minimum atomic E-state index is -0.194. The molecule has 0 aromatic heterocycles. The fraction of sp³-hybridized carbons (Fsp3) is 1.00. The highest BCUT2D eigenvalue weighted by atomic mass is 16.3. The summed E-state index contributed by atoms with van der Waals surface area (Å²) in [5.74, 6) is 0. The zero-order chi connectivity index (χ0) is 11.1. The Hall–Kier alpha value is -0.120. The highest BCUT2D eigenvalue weighted by molar-refractivity contribution is 4.78. The molecule has 1 aliphatic rings.